The van der Waals surface area contributed by atoms with Gasteiger partial charge in [0.25, 0.3) is 0 Å². The number of fused-ring (bicyclic) bond motifs is 1. The molecule has 4 rings (SSSR count). The van der Waals surface area contributed by atoms with Crippen LogP contribution in [0.2, 0.25) is 0 Å². The Bertz CT molecular complexity index is 905. The van der Waals surface area contributed by atoms with Crippen molar-refractivity contribution in [3.05, 3.63) is 101 Å². The van der Waals surface area contributed by atoms with Gasteiger partial charge in [-0.2, -0.15) is 0 Å². The average molecular weight is 303 g/mol. The van der Waals surface area contributed by atoms with Crippen molar-refractivity contribution in [3.8, 4) is 0 Å². The number of benzene rings is 2. The summed E-state index contributed by atoms with van der Waals surface area (Å²) in [6.07, 6.45) is 2.79. The predicted molar refractivity (Wildman–Crippen MR) is 87.7 cm³/mol. The van der Waals surface area contributed by atoms with Gasteiger partial charge < -0.3 is 5.73 Å². The van der Waals surface area contributed by atoms with Crippen molar-refractivity contribution in [2.24, 2.45) is 10.7 Å². The van der Waals surface area contributed by atoms with Gasteiger partial charge in [0.05, 0.1) is 6.20 Å². The largest absolute Gasteiger partial charge is 0.383 e. The Morgan fingerprint density at radius 3 is 2.39 bits per heavy atom. The van der Waals surface area contributed by atoms with Crippen molar-refractivity contribution in [1.29, 1.82) is 0 Å². The molecule has 0 amide bonds. The van der Waals surface area contributed by atoms with Crippen LogP contribution in [-0.2, 0) is 5.54 Å². The minimum absolute atomic E-state index is 0.399. The molecule has 0 fully saturated rings. The molecule has 0 saturated carbocycles. The molecule has 3 nitrogen and oxygen atoms in total. The van der Waals surface area contributed by atoms with Crippen molar-refractivity contribution in [2.45, 2.75) is 5.54 Å². The predicted octanol–water partition coefficient (Wildman–Crippen LogP) is 3.23. The highest BCUT2D eigenvalue weighted by Gasteiger charge is 2.44. The van der Waals surface area contributed by atoms with E-state index in [9.17, 15) is 4.39 Å². The maximum atomic E-state index is 14.6. The van der Waals surface area contributed by atoms with Crippen molar-refractivity contribution < 1.29 is 4.39 Å². The Balaban J connectivity index is 2.12. The molecule has 112 valence electrons. The third kappa shape index (κ3) is 1.88. The van der Waals surface area contributed by atoms with E-state index in [1.54, 1.807) is 12.3 Å². The molecule has 0 spiro atoms. The van der Waals surface area contributed by atoms with Crippen LogP contribution >= 0.6 is 0 Å². The molecular weight excluding hydrogens is 289 g/mol. The summed E-state index contributed by atoms with van der Waals surface area (Å²) in [7, 11) is 0. The molecule has 2 heterocycles. The van der Waals surface area contributed by atoms with E-state index in [1.807, 2.05) is 54.6 Å². The Morgan fingerprint density at radius 1 is 0.870 bits per heavy atom. The molecule has 1 unspecified atom stereocenters. The fraction of sp³-hybridized carbons (Fsp3) is 0.0526. The van der Waals surface area contributed by atoms with Gasteiger partial charge >= 0.3 is 0 Å². The van der Waals surface area contributed by atoms with Crippen LogP contribution in [0.15, 0.2) is 78.0 Å². The molecule has 0 radical (unpaired) electrons. The number of halogens is 1. The van der Waals surface area contributed by atoms with E-state index in [2.05, 4.69) is 4.98 Å². The van der Waals surface area contributed by atoms with Gasteiger partial charge in [-0.1, -0.05) is 54.6 Å². The number of rotatable bonds is 2. The number of hydrogen-bond acceptors (Lipinski definition) is 3. The molecule has 4 heteroatoms. The Kier molecular flexibility index (Phi) is 2.98. The highest BCUT2D eigenvalue weighted by atomic mass is 19.1. The monoisotopic (exact) mass is 303 g/mol. The van der Waals surface area contributed by atoms with Gasteiger partial charge in [0.15, 0.2) is 0 Å². The zero-order chi connectivity index (χ0) is 15.9. The summed E-state index contributed by atoms with van der Waals surface area (Å²) in [5.41, 5.74) is 8.23. The maximum Gasteiger partial charge on any atom is 0.147 e. The standard InChI is InChI=1S/C19H14FN3/c20-17-12-22-11-10-16(17)19(13-6-2-1-3-7-13)15-9-5-4-8-14(15)18(21)23-19/h1-12H,(H2,21,23). The van der Waals surface area contributed by atoms with E-state index < -0.39 is 11.4 Å². The van der Waals surface area contributed by atoms with Gasteiger partial charge in [0.1, 0.15) is 17.2 Å². The SMILES string of the molecule is NC1=NC(c2ccccc2)(c2ccncc2F)c2ccccc21. The summed E-state index contributed by atoms with van der Waals surface area (Å²) in [6.45, 7) is 0. The second-order valence-corrected chi connectivity index (χ2v) is 5.47. The van der Waals surface area contributed by atoms with Crippen LogP contribution < -0.4 is 5.73 Å². The van der Waals surface area contributed by atoms with Gasteiger partial charge in [-0.25, -0.2) is 9.38 Å². The quantitative estimate of drug-likeness (QED) is 0.790. The number of aliphatic imine (C=N–C) groups is 1. The Hall–Kier alpha value is -3.01. The lowest BCUT2D eigenvalue weighted by Crippen LogP contribution is -2.26. The molecule has 0 aliphatic carbocycles. The Labute approximate surface area is 133 Å². The Morgan fingerprint density at radius 2 is 1.61 bits per heavy atom. The number of nitrogens with zero attached hydrogens (tertiary/aromatic N) is 2. The molecule has 1 aliphatic heterocycles. The second kappa shape index (κ2) is 5.02. The van der Waals surface area contributed by atoms with E-state index in [0.29, 0.717) is 11.4 Å². The van der Waals surface area contributed by atoms with Crippen LogP contribution in [0.25, 0.3) is 0 Å². The fourth-order valence-corrected chi connectivity index (χ4v) is 3.25. The van der Waals surface area contributed by atoms with E-state index in [4.69, 9.17) is 10.7 Å². The lowest BCUT2D eigenvalue weighted by atomic mass is 9.78. The summed E-state index contributed by atoms with van der Waals surface area (Å²) >= 11 is 0. The zero-order valence-corrected chi connectivity index (χ0v) is 12.3. The van der Waals surface area contributed by atoms with E-state index in [1.165, 1.54) is 6.20 Å². The smallest absolute Gasteiger partial charge is 0.147 e. The summed E-state index contributed by atoms with van der Waals surface area (Å²) in [5.74, 6) is 0.0188. The fourth-order valence-electron chi connectivity index (χ4n) is 3.25. The molecule has 1 aliphatic rings. The third-order valence-corrected chi connectivity index (χ3v) is 4.23. The topological polar surface area (TPSA) is 51.3 Å². The van der Waals surface area contributed by atoms with Crippen LogP contribution in [0.5, 0.6) is 0 Å². The van der Waals surface area contributed by atoms with Crippen LogP contribution in [0, 0.1) is 5.82 Å². The van der Waals surface area contributed by atoms with E-state index >= 15 is 0 Å². The minimum atomic E-state index is -0.977. The van der Waals surface area contributed by atoms with Gasteiger partial charge in [-0.05, 0) is 17.2 Å². The van der Waals surface area contributed by atoms with Crippen molar-refractivity contribution in [3.63, 3.8) is 0 Å². The highest BCUT2D eigenvalue weighted by Crippen LogP contribution is 2.46. The lowest BCUT2D eigenvalue weighted by molar-refractivity contribution is 0.555. The molecule has 1 atom stereocenters. The summed E-state index contributed by atoms with van der Waals surface area (Å²) < 4.78 is 14.6. The first kappa shape index (κ1) is 13.6. The van der Waals surface area contributed by atoms with Crippen LogP contribution in [0.4, 0.5) is 4.39 Å². The van der Waals surface area contributed by atoms with E-state index in [0.717, 1.165) is 16.7 Å². The molecule has 3 aromatic rings. The molecule has 1 aromatic heterocycles. The number of amidine groups is 1. The first-order chi connectivity index (χ1) is 11.2. The van der Waals surface area contributed by atoms with Crippen LogP contribution in [0.1, 0.15) is 22.3 Å². The molecule has 23 heavy (non-hydrogen) atoms. The van der Waals surface area contributed by atoms with E-state index in [-0.39, 0.29) is 0 Å². The maximum absolute atomic E-state index is 14.6. The van der Waals surface area contributed by atoms with Gasteiger partial charge in [-0.15, -0.1) is 0 Å². The molecule has 0 bridgehead atoms. The molecule has 0 saturated heterocycles. The minimum Gasteiger partial charge on any atom is -0.383 e. The average Bonchev–Trinajstić information content (AvgIpc) is 2.90. The number of pyridine rings is 1. The molecule has 2 aromatic carbocycles. The van der Waals surface area contributed by atoms with Crippen molar-refractivity contribution in [2.75, 3.05) is 0 Å². The zero-order valence-electron chi connectivity index (χ0n) is 12.3. The summed E-state index contributed by atoms with van der Waals surface area (Å²) in [4.78, 5) is 8.58. The van der Waals surface area contributed by atoms with Crippen molar-refractivity contribution >= 4 is 5.84 Å². The summed E-state index contributed by atoms with van der Waals surface area (Å²) in [5, 5.41) is 0. The van der Waals surface area contributed by atoms with Crippen molar-refractivity contribution in [1.82, 2.24) is 4.98 Å². The van der Waals surface area contributed by atoms with Crippen LogP contribution in [-0.4, -0.2) is 10.8 Å². The first-order valence-corrected chi connectivity index (χ1v) is 7.34. The molecular formula is C19H14FN3. The number of aromatic nitrogens is 1. The number of hydrogen-bond donors (Lipinski definition) is 1. The lowest BCUT2D eigenvalue weighted by Gasteiger charge is -2.29. The molecule has 2 N–H and O–H groups in total. The first-order valence-electron chi connectivity index (χ1n) is 7.34. The second-order valence-electron chi connectivity index (χ2n) is 5.47. The normalized spacial score (nSPS) is 19.3. The van der Waals surface area contributed by atoms with Gasteiger partial charge in [0.2, 0.25) is 0 Å². The van der Waals surface area contributed by atoms with Crippen LogP contribution in [0.3, 0.4) is 0 Å². The third-order valence-electron chi connectivity index (χ3n) is 4.23. The highest BCUT2D eigenvalue weighted by molar-refractivity contribution is 6.03. The van der Waals surface area contributed by atoms with Gasteiger partial charge in [0, 0.05) is 17.3 Å². The van der Waals surface area contributed by atoms with Gasteiger partial charge in [-0.3, -0.25) is 4.98 Å². The number of nitrogens with two attached hydrogens (primary N) is 1. The summed E-state index contributed by atoms with van der Waals surface area (Å²) in [6, 6.07) is 19.0.